The summed E-state index contributed by atoms with van der Waals surface area (Å²) in [5, 5.41) is 2.83. The van der Waals surface area contributed by atoms with Gasteiger partial charge in [0.2, 0.25) is 0 Å². The van der Waals surface area contributed by atoms with E-state index in [0.29, 0.717) is 16.4 Å². The lowest BCUT2D eigenvalue weighted by molar-refractivity contribution is 0.589. The summed E-state index contributed by atoms with van der Waals surface area (Å²) in [4.78, 5) is 43.2. The van der Waals surface area contributed by atoms with Crippen molar-refractivity contribution in [2.75, 3.05) is 16.6 Å². The van der Waals surface area contributed by atoms with Crippen LogP contribution in [0.1, 0.15) is 31.4 Å². The van der Waals surface area contributed by atoms with Crippen molar-refractivity contribution < 1.29 is 12.8 Å². The summed E-state index contributed by atoms with van der Waals surface area (Å²) in [6, 6.07) is 10.2. The fourth-order valence-corrected chi connectivity index (χ4v) is 5.73. The number of H-pyrrole nitrogens is 1. The standard InChI is InChI=1S/C25H24FIN6O5S/c1-3-28-39(37,38)31-15-5-4-6-17(12-15)32-21-13(2)23(34)30-22(29-19-10-7-14(27)11-18(19)26)20(21)24(35)33(25(32)36)16-8-9-16/h4-7,10-12,16,28,31H,3,8-9H2,1-2H3,(H2,29,30,34). The number of nitrogens with one attached hydrogen (secondary N) is 4. The Labute approximate surface area is 235 Å². The number of aromatic amines is 1. The second-order valence-corrected chi connectivity index (χ2v) is 11.9. The van der Waals surface area contributed by atoms with E-state index in [2.05, 4.69) is 19.7 Å². The zero-order valence-corrected chi connectivity index (χ0v) is 23.8. The maximum absolute atomic E-state index is 14.7. The topological polar surface area (TPSA) is 147 Å². The van der Waals surface area contributed by atoms with E-state index in [1.165, 1.54) is 35.8 Å². The predicted octanol–water partition coefficient (Wildman–Crippen LogP) is 3.24. The van der Waals surface area contributed by atoms with E-state index in [0.717, 1.165) is 4.57 Å². The van der Waals surface area contributed by atoms with Crippen LogP contribution >= 0.6 is 22.6 Å². The summed E-state index contributed by atoms with van der Waals surface area (Å²) in [6.45, 7) is 3.28. The molecule has 2 aromatic carbocycles. The SMILES string of the molecule is CCNS(=O)(=O)Nc1cccc(-n2c(=O)n(C3CC3)c(=O)c3c(Nc4ccc(I)cc4F)[nH]c(=O)c(C)c32)c1. The molecule has 0 aliphatic heterocycles. The van der Waals surface area contributed by atoms with E-state index in [1.54, 1.807) is 25.1 Å². The number of aromatic nitrogens is 3. The molecule has 0 unspecified atom stereocenters. The monoisotopic (exact) mass is 666 g/mol. The first-order chi connectivity index (χ1) is 18.5. The fourth-order valence-electron chi connectivity index (χ4n) is 4.38. The van der Waals surface area contributed by atoms with Gasteiger partial charge in [0.25, 0.3) is 21.3 Å². The third-order valence-electron chi connectivity index (χ3n) is 6.27. The molecule has 1 aliphatic rings. The molecule has 0 bridgehead atoms. The summed E-state index contributed by atoms with van der Waals surface area (Å²) < 4.78 is 47.0. The lowest BCUT2D eigenvalue weighted by Gasteiger charge is -2.19. The van der Waals surface area contributed by atoms with Crippen molar-refractivity contribution >= 4 is 60.9 Å². The van der Waals surface area contributed by atoms with Gasteiger partial charge in [-0.25, -0.2) is 9.18 Å². The van der Waals surface area contributed by atoms with Crippen LogP contribution in [0.3, 0.4) is 0 Å². The van der Waals surface area contributed by atoms with Gasteiger partial charge in [0, 0.05) is 21.7 Å². The summed E-state index contributed by atoms with van der Waals surface area (Å²) in [5.74, 6) is -0.647. The Morgan fingerprint density at radius 3 is 2.54 bits per heavy atom. The van der Waals surface area contributed by atoms with Crippen molar-refractivity contribution in [2.45, 2.75) is 32.7 Å². The average molecular weight is 666 g/mol. The van der Waals surface area contributed by atoms with Crippen LogP contribution in [-0.4, -0.2) is 29.1 Å². The maximum atomic E-state index is 14.7. The van der Waals surface area contributed by atoms with Crippen molar-refractivity contribution in [1.29, 1.82) is 0 Å². The van der Waals surface area contributed by atoms with Crippen LogP contribution in [0.5, 0.6) is 0 Å². The molecule has 0 spiro atoms. The zero-order valence-electron chi connectivity index (χ0n) is 20.8. The molecular weight excluding hydrogens is 642 g/mol. The molecule has 1 saturated carbocycles. The quantitative estimate of drug-likeness (QED) is 0.213. The number of aryl methyl sites for hydroxylation is 1. The van der Waals surface area contributed by atoms with Gasteiger partial charge in [0.1, 0.15) is 17.0 Å². The minimum atomic E-state index is -3.86. The van der Waals surface area contributed by atoms with Crippen LogP contribution in [-0.2, 0) is 10.2 Å². The van der Waals surface area contributed by atoms with Crippen molar-refractivity contribution in [3.8, 4) is 5.69 Å². The third-order valence-corrected chi connectivity index (χ3v) is 8.11. The number of pyridine rings is 1. The molecule has 0 saturated heterocycles. The molecule has 4 aromatic rings. The van der Waals surface area contributed by atoms with Crippen molar-refractivity contribution in [3.63, 3.8) is 0 Å². The number of nitrogens with zero attached hydrogens (tertiary/aromatic N) is 2. The van der Waals surface area contributed by atoms with Crippen LogP contribution < -0.4 is 31.6 Å². The predicted molar refractivity (Wildman–Crippen MR) is 156 cm³/mol. The molecule has 1 aliphatic carbocycles. The van der Waals surface area contributed by atoms with Crippen LogP contribution in [0, 0.1) is 16.3 Å². The van der Waals surface area contributed by atoms with Crippen LogP contribution in [0.25, 0.3) is 16.6 Å². The summed E-state index contributed by atoms with van der Waals surface area (Å²) in [7, 11) is -3.86. The Morgan fingerprint density at radius 2 is 1.87 bits per heavy atom. The van der Waals surface area contributed by atoms with Gasteiger partial charge in [0.05, 0.1) is 22.6 Å². The molecule has 2 heterocycles. The number of fused-ring (bicyclic) bond motifs is 1. The minimum absolute atomic E-state index is 0.00446. The number of hydrogen-bond acceptors (Lipinski definition) is 6. The van der Waals surface area contributed by atoms with Crippen molar-refractivity contribution in [1.82, 2.24) is 18.8 Å². The van der Waals surface area contributed by atoms with Gasteiger partial charge in [-0.05, 0) is 78.8 Å². The molecule has 0 atom stereocenters. The van der Waals surface area contributed by atoms with Gasteiger partial charge < -0.3 is 10.3 Å². The Morgan fingerprint density at radius 1 is 1.13 bits per heavy atom. The van der Waals surface area contributed by atoms with E-state index in [9.17, 15) is 27.2 Å². The summed E-state index contributed by atoms with van der Waals surface area (Å²) in [6.07, 6.45) is 1.25. The third kappa shape index (κ3) is 5.23. The van der Waals surface area contributed by atoms with Crippen LogP contribution in [0.4, 0.5) is 21.6 Å². The van der Waals surface area contributed by atoms with Crippen LogP contribution in [0.15, 0.2) is 56.8 Å². The fraction of sp³-hybridized carbons (Fsp3) is 0.240. The lowest BCUT2D eigenvalue weighted by atomic mass is 10.1. The molecule has 1 fully saturated rings. The molecule has 14 heteroatoms. The molecule has 0 radical (unpaired) electrons. The van der Waals surface area contributed by atoms with Gasteiger partial charge in [-0.1, -0.05) is 13.0 Å². The van der Waals surface area contributed by atoms with Gasteiger partial charge in [-0.3, -0.25) is 23.4 Å². The first-order valence-electron chi connectivity index (χ1n) is 12.0. The van der Waals surface area contributed by atoms with Gasteiger partial charge in [-0.2, -0.15) is 13.1 Å². The Kier molecular flexibility index (Phi) is 7.11. The molecule has 11 nitrogen and oxygen atoms in total. The molecule has 204 valence electrons. The Bertz CT molecular complexity index is 1910. The highest BCUT2D eigenvalue weighted by Crippen LogP contribution is 2.34. The zero-order chi connectivity index (χ0) is 28.1. The molecule has 39 heavy (non-hydrogen) atoms. The number of anilines is 3. The maximum Gasteiger partial charge on any atom is 0.336 e. The van der Waals surface area contributed by atoms with E-state index in [4.69, 9.17) is 0 Å². The van der Waals surface area contributed by atoms with Crippen molar-refractivity contribution in [2.24, 2.45) is 0 Å². The number of benzene rings is 2. The van der Waals surface area contributed by atoms with E-state index in [1.807, 2.05) is 22.6 Å². The van der Waals surface area contributed by atoms with Gasteiger partial charge in [0.15, 0.2) is 0 Å². The van der Waals surface area contributed by atoms with Gasteiger partial charge >= 0.3 is 5.69 Å². The highest BCUT2D eigenvalue weighted by atomic mass is 127. The second kappa shape index (κ2) is 10.2. The minimum Gasteiger partial charge on any atom is -0.339 e. The van der Waals surface area contributed by atoms with E-state index in [-0.39, 0.29) is 51.9 Å². The highest BCUT2D eigenvalue weighted by Gasteiger charge is 2.31. The lowest BCUT2D eigenvalue weighted by Crippen LogP contribution is -2.40. The molecule has 5 rings (SSSR count). The average Bonchev–Trinajstić information content (AvgIpc) is 3.69. The number of halogens is 2. The van der Waals surface area contributed by atoms with E-state index < -0.39 is 32.8 Å². The second-order valence-electron chi connectivity index (χ2n) is 9.10. The smallest absolute Gasteiger partial charge is 0.336 e. The van der Waals surface area contributed by atoms with E-state index >= 15 is 0 Å². The Balaban J connectivity index is 1.81. The number of hydrogen-bond donors (Lipinski definition) is 4. The Hall–Kier alpha value is -3.50. The van der Waals surface area contributed by atoms with Crippen LogP contribution in [0.2, 0.25) is 0 Å². The largest absolute Gasteiger partial charge is 0.339 e. The first kappa shape index (κ1) is 27.1. The normalized spacial score (nSPS) is 13.5. The molecule has 4 N–H and O–H groups in total. The molecular formula is C25H24FIN6O5S. The number of rotatable bonds is 8. The molecule has 0 amide bonds. The first-order valence-corrected chi connectivity index (χ1v) is 14.6. The molecule has 2 aromatic heterocycles. The highest BCUT2D eigenvalue weighted by molar-refractivity contribution is 14.1. The summed E-state index contributed by atoms with van der Waals surface area (Å²) in [5.41, 5.74) is -1.31. The van der Waals surface area contributed by atoms with Gasteiger partial charge in [-0.15, -0.1) is 0 Å². The summed E-state index contributed by atoms with van der Waals surface area (Å²) >= 11 is 1.97. The van der Waals surface area contributed by atoms with Crippen molar-refractivity contribution in [3.05, 3.63) is 88.6 Å².